The van der Waals surface area contributed by atoms with E-state index in [4.69, 9.17) is 5.73 Å². The van der Waals surface area contributed by atoms with E-state index in [1.807, 2.05) is 0 Å². The van der Waals surface area contributed by atoms with Gasteiger partial charge < -0.3 is 16.4 Å². The number of nitrogens with one attached hydrogen (secondary N) is 2. The summed E-state index contributed by atoms with van der Waals surface area (Å²) in [4.78, 5) is 11.1. The number of rotatable bonds is 3. The summed E-state index contributed by atoms with van der Waals surface area (Å²) in [6.07, 6.45) is 2.41. The predicted octanol–water partition coefficient (Wildman–Crippen LogP) is -0.129. The van der Waals surface area contributed by atoms with Gasteiger partial charge in [-0.1, -0.05) is 0 Å². The molecule has 1 rings (SSSR count). The lowest BCUT2D eigenvalue weighted by Crippen LogP contribution is -2.43. The average molecular weight is 222 g/mol. The molecule has 1 heterocycles. The topological polar surface area (TPSA) is 67.2 Å². The Labute approximate surface area is 91.4 Å². The number of halogens is 1. The van der Waals surface area contributed by atoms with E-state index in [0.717, 1.165) is 19.6 Å². The number of hydrogen-bond acceptors (Lipinski definition) is 3. The highest BCUT2D eigenvalue weighted by molar-refractivity contribution is 5.85. The summed E-state index contributed by atoms with van der Waals surface area (Å²) in [5.41, 5.74) is 5.42. The van der Waals surface area contributed by atoms with Crippen LogP contribution in [0.5, 0.6) is 0 Å². The number of hydrogen-bond donors (Lipinski definition) is 3. The molecule has 0 spiro atoms. The van der Waals surface area contributed by atoms with Crippen molar-refractivity contribution in [2.45, 2.75) is 25.8 Å². The number of carbonyl (C=O) groups excluding carboxylic acids is 1. The summed E-state index contributed by atoms with van der Waals surface area (Å²) in [5, 5.41) is 6.15. The molecule has 1 aliphatic heterocycles. The molecule has 2 atom stereocenters. The van der Waals surface area contributed by atoms with Crippen molar-refractivity contribution in [2.24, 2.45) is 11.7 Å². The van der Waals surface area contributed by atoms with Crippen molar-refractivity contribution in [1.82, 2.24) is 10.6 Å². The highest BCUT2D eigenvalue weighted by atomic mass is 35.5. The number of carbonyl (C=O) groups is 1. The Kier molecular flexibility index (Phi) is 6.87. The fourth-order valence-electron chi connectivity index (χ4n) is 1.50. The molecule has 2 unspecified atom stereocenters. The van der Waals surface area contributed by atoms with E-state index in [-0.39, 0.29) is 18.3 Å². The van der Waals surface area contributed by atoms with Crippen molar-refractivity contribution >= 4 is 18.3 Å². The van der Waals surface area contributed by atoms with Crippen molar-refractivity contribution in [2.75, 3.05) is 19.6 Å². The van der Waals surface area contributed by atoms with Crippen LogP contribution < -0.4 is 16.4 Å². The summed E-state index contributed by atoms with van der Waals surface area (Å²) >= 11 is 0. The van der Waals surface area contributed by atoms with E-state index in [1.165, 1.54) is 12.8 Å². The monoisotopic (exact) mass is 221 g/mol. The second kappa shape index (κ2) is 7.04. The molecule has 1 saturated heterocycles. The third kappa shape index (κ3) is 4.79. The molecular formula is C9H20ClN3O. The van der Waals surface area contributed by atoms with E-state index in [1.54, 1.807) is 6.92 Å². The molecule has 4 nitrogen and oxygen atoms in total. The lowest BCUT2D eigenvalue weighted by atomic mass is 10.00. The number of amides is 1. The molecule has 1 fully saturated rings. The zero-order valence-corrected chi connectivity index (χ0v) is 9.40. The smallest absolute Gasteiger partial charge is 0.236 e. The SMILES string of the molecule is CC(N)C(=O)NCC1CCCNC1.Cl. The molecule has 4 N–H and O–H groups in total. The Hall–Kier alpha value is -0.320. The minimum Gasteiger partial charge on any atom is -0.354 e. The van der Waals surface area contributed by atoms with Crippen LogP contribution in [0.4, 0.5) is 0 Å². The molecular weight excluding hydrogens is 202 g/mol. The van der Waals surface area contributed by atoms with Crippen molar-refractivity contribution in [3.63, 3.8) is 0 Å². The van der Waals surface area contributed by atoms with Crippen LogP contribution >= 0.6 is 12.4 Å². The number of piperidine rings is 1. The third-order valence-corrected chi connectivity index (χ3v) is 2.38. The molecule has 0 aromatic heterocycles. The highest BCUT2D eigenvalue weighted by Gasteiger charge is 2.14. The largest absolute Gasteiger partial charge is 0.354 e. The van der Waals surface area contributed by atoms with Crippen LogP contribution in [0.3, 0.4) is 0 Å². The van der Waals surface area contributed by atoms with Gasteiger partial charge in [0.25, 0.3) is 0 Å². The van der Waals surface area contributed by atoms with Crippen LogP contribution in [-0.4, -0.2) is 31.6 Å². The molecule has 0 aromatic carbocycles. The van der Waals surface area contributed by atoms with Gasteiger partial charge in [-0.3, -0.25) is 4.79 Å². The van der Waals surface area contributed by atoms with Gasteiger partial charge >= 0.3 is 0 Å². The van der Waals surface area contributed by atoms with Crippen LogP contribution in [0.1, 0.15) is 19.8 Å². The molecule has 1 aliphatic rings. The van der Waals surface area contributed by atoms with Gasteiger partial charge in [-0.05, 0) is 38.8 Å². The zero-order valence-electron chi connectivity index (χ0n) is 8.58. The highest BCUT2D eigenvalue weighted by Crippen LogP contribution is 2.07. The van der Waals surface area contributed by atoms with Crippen molar-refractivity contribution in [1.29, 1.82) is 0 Å². The van der Waals surface area contributed by atoms with E-state index in [0.29, 0.717) is 5.92 Å². The Morgan fingerprint density at radius 3 is 2.93 bits per heavy atom. The minimum atomic E-state index is -0.392. The van der Waals surface area contributed by atoms with Gasteiger partial charge in [0, 0.05) is 6.54 Å². The summed E-state index contributed by atoms with van der Waals surface area (Å²) in [6.45, 7) is 4.58. The van der Waals surface area contributed by atoms with Gasteiger partial charge in [0.15, 0.2) is 0 Å². The molecule has 14 heavy (non-hydrogen) atoms. The second-order valence-corrected chi connectivity index (χ2v) is 3.75. The van der Waals surface area contributed by atoms with Crippen LogP contribution in [0.2, 0.25) is 0 Å². The molecule has 0 bridgehead atoms. The van der Waals surface area contributed by atoms with Crippen molar-refractivity contribution in [3.05, 3.63) is 0 Å². The van der Waals surface area contributed by atoms with E-state index < -0.39 is 6.04 Å². The predicted molar refractivity (Wildman–Crippen MR) is 59.5 cm³/mol. The molecule has 0 saturated carbocycles. The second-order valence-electron chi connectivity index (χ2n) is 3.75. The minimum absolute atomic E-state index is 0. The Bertz CT molecular complexity index is 169. The fourth-order valence-corrected chi connectivity index (χ4v) is 1.50. The van der Waals surface area contributed by atoms with Gasteiger partial charge in [-0.15, -0.1) is 12.4 Å². The summed E-state index contributed by atoms with van der Waals surface area (Å²) in [6, 6.07) is -0.392. The first-order chi connectivity index (χ1) is 6.20. The molecule has 0 aliphatic carbocycles. The summed E-state index contributed by atoms with van der Waals surface area (Å²) in [7, 11) is 0. The maximum atomic E-state index is 11.1. The average Bonchev–Trinajstić information content (AvgIpc) is 2.15. The molecule has 5 heteroatoms. The Morgan fingerprint density at radius 1 is 1.71 bits per heavy atom. The maximum Gasteiger partial charge on any atom is 0.236 e. The normalized spacial score (nSPS) is 23.4. The van der Waals surface area contributed by atoms with Crippen LogP contribution in [0.25, 0.3) is 0 Å². The summed E-state index contributed by atoms with van der Waals surface area (Å²) in [5.74, 6) is 0.530. The summed E-state index contributed by atoms with van der Waals surface area (Å²) < 4.78 is 0. The first-order valence-electron chi connectivity index (χ1n) is 4.94. The zero-order chi connectivity index (χ0) is 9.68. The molecule has 84 valence electrons. The molecule has 1 amide bonds. The first-order valence-corrected chi connectivity index (χ1v) is 4.94. The standard InChI is InChI=1S/C9H19N3O.ClH/c1-7(10)9(13)12-6-8-3-2-4-11-5-8;/h7-8,11H,2-6,10H2,1H3,(H,12,13);1H. The van der Waals surface area contributed by atoms with Crippen molar-refractivity contribution in [3.8, 4) is 0 Å². The fraction of sp³-hybridized carbons (Fsp3) is 0.889. The van der Waals surface area contributed by atoms with Gasteiger partial charge in [0.05, 0.1) is 6.04 Å². The maximum absolute atomic E-state index is 11.1. The van der Waals surface area contributed by atoms with Gasteiger partial charge in [-0.2, -0.15) is 0 Å². The molecule has 0 aromatic rings. The quantitative estimate of drug-likeness (QED) is 0.622. The van der Waals surface area contributed by atoms with Crippen LogP contribution in [0, 0.1) is 5.92 Å². The van der Waals surface area contributed by atoms with E-state index in [2.05, 4.69) is 10.6 Å². The van der Waals surface area contributed by atoms with Crippen LogP contribution in [-0.2, 0) is 4.79 Å². The first kappa shape index (κ1) is 13.7. The lowest BCUT2D eigenvalue weighted by molar-refractivity contribution is -0.122. The molecule has 0 radical (unpaired) electrons. The Morgan fingerprint density at radius 2 is 2.43 bits per heavy atom. The third-order valence-electron chi connectivity index (χ3n) is 2.38. The van der Waals surface area contributed by atoms with Crippen LogP contribution in [0.15, 0.2) is 0 Å². The van der Waals surface area contributed by atoms with E-state index in [9.17, 15) is 4.79 Å². The van der Waals surface area contributed by atoms with Gasteiger partial charge in [0.2, 0.25) is 5.91 Å². The number of nitrogens with two attached hydrogens (primary N) is 1. The Balaban J connectivity index is 0.00000169. The lowest BCUT2D eigenvalue weighted by Gasteiger charge is -2.23. The van der Waals surface area contributed by atoms with Crippen molar-refractivity contribution < 1.29 is 4.79 Å². The van der Waals surface area contributed by atoms with Gasteiger partial charge in [0.1, 0.15) is 0 Å². The van der Waals surface area contributed by atoms with E-state index >= 15 is 0 Å². The van der Waals surface area contributed by atoms with Gasteiger partial charge in [-0.25, -0.2) is 0 Å².